The molecule has 3 aliphatic rings. The number of allylic oxidation sites excluding steroid dienone is 2. The molecule has 12 heavy (non-hydrogen) atoms. The quantitative estimate of drug-likeness (QED) is 0.519. The Bertz CT molecular complexity index is 196. The van der Waals surface area contributed by atoms with Crippen LogP contribution in [-0.4, -0.2) is 0 Å². The second kappa shape index (κ2) is 2.37. The number of hydrogen-bond donors (Lipinski definition) is 0. The Morgan fingerprint density at radius 1 is 1.08 bits per heavy atom. The lowest BCUT2D eigenvalue weighted by molar-refractivity contribution is 0.364. The summed E-state index contributed by atoms with van der Waals surface area (Å²) in [5.41, 5.74) is 0. The summed E-state index contributed by atoms with van der Waals surface area (Å²) in [5, 5.41) is 0. The summed E-state index contributed by atoms with van der Waals surface area (Å²) in [4.78, 5) is 0. The molecule has 3 aliphatic carbocycles. The van der Waals surface area contributed by atoms with Crippen LogP contribution in [0.25, 0.3) is 0 Å². The fourth-order valence-electron chi connectivity index (χ4n) is 4.24. The van der Waals surface area contributed by atoms with E-state index in [1.807, 2.05) is 0 Å². The van der Waals surface area contributed by atoms with Crippen molar-refractivity contribution in [2.45, 2.75) is 32.6 Å². The number of hydrogen-bond acceptors (Lipinski definition) is 0. The standard InChI is InChI=1S/C12H18/c1-2-8-11-6-7-12(8)10-5-3-4-9(10)11/h6-12H,2-5H2,1H3. The van der Waals surface area contributed by atoms with Gasteiger partial charge in [0.05, 0.1) is 0 Å². The van der Waals surface area contributed by atoms with E-state index < -0.39 is 0 Å². The van der Waals surface area contributed by atoms with Crippen molar-refractivity contribution in [1.29, 1.82) is 0 Å². The summed E-state index contributed by atoms with van der Waals surface area (Å²) in [6, 6.07) is 0. The van der Waals surface area contributed by atoms with Gasteiger partial charge in [-0.05, 0) is 42.4 Å². The van der Waals surface area contributed by atoms with Gasteiger partial charge < -0.3 is 0 Å². The fraction of sp³-hybridized carbons (Fsp3) is 0.833. The summed E-state index contributed by atoms with van der Waals surface area (Å²) < 4.78 is 0. The topological polar surface area (TPSA) is 0 Å². The highest BCUT2D eigenvalue weighted by atomic mass is 14.6. The predicted molar refractivity (Wildman–Crippen MR) is 50.7 cm³/mol. The molecule has 0 spiro atoms. The van der Waals surface area contributed by atoms with Crippen molar-refractivity contribution in [3.8, 4) is 0 Å². The van der Waals surface area contributed by atoms with Crippen LogP contribution in [-0.2, 0) is 0 Å². The van der Waals surface area contributed by atoms with Crippen LogP contribution in [0.2, 0.25) is 0 Å². The van der Waals surface area contributed by atoms with Crippen LogP contribution in [0.5, 0.6) is 0 Å². The molecule has 0 aromatic rings. The highest BCUT2D eigenvalue weighted by Crippen LogP contribution is 2.59. The molecule has 0 heterocycles. The average Bonchev–Trinajstić information content (AvgIpc) is 2.75. The van der Waals surface area contributed by atoms with E-state index >= 15 is 0 Å². The van der Waals surface area contributed by atoms with E-state index in [1.54, 1.807) is 0 Å². The third kappa shape index (κ3) is 0.694. The largest absolute Gasteiger partial charge is 0.0845 e. The first-order valence-electron chi connectivity index (χ1n) is 5.60. The van der Waals surface area contributed by atoms with E-state index in [0.29, 0.717) is 0 Å². The SMILES string of the molecule is CCC1C2C=CC1C1CCCC21. The first kappa shape index (κ1) is 7.17. The van der Waals surface area contributed by atoms with Gasteiger partial charge in [0, 0.05) is 0 Å². The van der Waals surface area contributed by atoms with Crippen LogP contribution in [0.4, 0.5) is 0 Å². The Hall–Kier alpha value is -0.260. The van der Waals surface area contributed by atoms with Crippen molar-refractivity contribution in [3.05, 3.63) is 12.2 Å². The summed E-state index contributed by atoms with van der Waals surface area (Å²) in [7, 11) is 0. The Labute approximate surface area is 75.0 Å². The lowest BCUT2D eigenvalue weighted by Crippen LogP contribution is -2.12. The minimum absolute atomic E-state index is 0.993. The van der Waals surface area contributed by atoms with Gasteiger partial charge in [-0.25, -0.2) is 0 Å². The molecule has 4 atom stereocenters. The van der Waals surface area contributed by atoms with Crippen molar-refractivity contribution in [3.63, 3.8) is 0 Å². The molecule has 66 valence electrons. The zero-order valence-corrected chi connectivity index (χ0v) is 7.87. The molecule has 0 radical (unpaired) electrons. The molecule has 3 rings (SSSR count). The molecule has 0 nitrogen and oxygen atoms in total. The summed E-state index contributed by atoms with van der Waals surface area (Å²) in [5.74, 6) is 5.23. The van der Waals surface area contributed by atoms with E-state index in [4.69, 9.17) is 0 Å². The third-order valence-electron chi connectivity index (χ3n) is 4.63. The van der Waals surface area contributed by atoms with E-state index in [1.165, 1.54) is 25.7 Å². The van der Waals surface area contributed by atoms with Crippen LogP contribution in [0, 0.1) is 29.6 Å². The molecule has 2 bridgehead atoms. The Kier molecular flexibility index (Phi) is 1.42. The highest BCUT2D eigenvalue weighted by Gasteiger charge is 2.51. The van der Waals surface area contributed by atoms with Crippen LogP contribution >= 0.6 is 0 Å². The van der Waals surface area contributed by atoms with E-state index in [9.17, 15) is 0 Å². The van der Waals surface area contributed by atoms with E-state index in [2.05, 4.69) is 19.1 Å². The van der Waals surface area contributed by atoms with Crippen molar-refractivity contribution in [2.24, 2.45) is 29.6 Å². The molecule has 4 unspecified atom stereocenters. The molecule has 2 saturated carbocycles. The Morgan fingerprint density at radius 2 is 1.67 bits per heavy atom. The molecular formula is C12H18. The smallest absolute Gasteiger partial charge is 0.0168 e. The van der Waals surface area contributed by atoms with Gasteiger partial charge >= 0.3 is 0 Å². The number of rotatable bonds is 1. The molecule has 0 aromatic heterocycles. The highest BCUT2D eigenvalue weighted by molar-refractivity contribution is 5.18. The average molecular weight is 162 g/mol. The van der Waals surface area contributed by atoms with Gasteiger partial charge in [0.15, 0.2) is 0 Å². The summed E-state index contributed by atoms with van der Waals surface area (Å²) >= 11 is 0. The monoisotopic (exact) mass is 162 g/mol. The Balaban J connectivity index is 1.93. The number of fused-ring (bicyclic) bond motifs is 5. The summed E-state index contributed by atoms with van der Waals surface area (Å²) in [6.45, 7) is 2.37. The van der Waals surface area contributed by atoms with Crippen molar-refractivity contribution in [1.82, 2.24) is 0 Å². The van der Waals surface area contributed by atoms with Gasteiger partial charge in [0.2, 0.25) is 0 Å². The van der Waals surface area contributed by atoms with Gasteiger partial charge in [-0.1, -0.05) is 31.9 Å². The minimum atomic E-state index is 0.993. The van der Waals surface area contributed by atoms with Gasteiger partial charge in [-0.3, -0.25) is 0 Å². The zero-order valence-electron chi connectivity index (χ0n) is 7.87. The molecule has 0 saturated heterocycles. The normalized spacial score (nSPS) is 54.9. The fourth-order valence-corrected chi connectivity index (χ4v) is 4.24. The molecular weight excluding hydrogens is 144 g/mol. The van der Waals surface area contributed by atoms with Gasteiger partial charge in [0.1, 0.15) is 0 Å². The van der Waals surface area contributed by atoms with Crippen LogP contribution in [0.15, 0.2) is 12.2 Å². The molecule has 0 N–H and O–H groups in total. The first-order chi connectivity index (χ1) is 5.92. The van der Waals surface area contributed by atoms with Gasteiger partial charge in [0.25, 0.3) is 0 Å². The maximum Gasteiger partial charge on any atom is -0.0168 e. The predicted octanol–water partition coefficient (Wildman–Crippen LogP) is 3.24. The summed E-state index contributed by atoms with van der Waals surface area (Å²) in [6.07, 6.45) is 11.1. The van der Waals surface area contributed by atoms with Gasteiger partial charge in [-0.15, -0.1) is 0 Å². The van der Waals surface area contributed by atoms with E-state index in [0.717, 1.165) is 29.6 Å². The zero-order chi connectivity index (χ0) is 8.13. The maximum atomic E-state index is 2.53. The first-order valence-corrected chi connectivity index (χ1v) is 5.60. The maximum absolute atomic E-state index is 2.53. The van der Waals surface area contributed by atoms with Crippen molar-refractivity contribution >= 4 is 0 Å². The van der Waals surface area contributed by atoms with Crippen molar-refractivity contribution < 1.29 is 0 Å². The third-order valence-corrected chi connectivity index (χ3v) is 4.63. The molecule has 0 heteroatoms. The van der Waals surface area contributed by atoms with Crippen molar-refractivity contribution in [2.75, 3.05) is 0 Å². The molecule has 0 aliphatic heterocycles. The van der Waals surface area contributed by atoms with E-state index in [-0.39, 0.29) is 0 Å². The lowest BCUT2D eigenvalue weighted by atomic mass is 9.86. The molecule has 2 fully saturated rings. The minimum Gasteiger partial charge on any atom is -0.0845 e. The van der Waals surface area contributed by atoms with Crippen LogP contribution < -0.4 is 0 Å². The molecule has 0 aromatic carbocycles. The van der Waals surface area contributed by atoms with Gasteiger partial charge in [-0.2, -0.15) is 0 Å². The lowest BCUT2D eigenvalue weighted by Gasteiger charge is -2.19. The second-order valence-electron chi connectivity index (χ2n) is 4.87. The van der Waals surface area contributed by atoms with Crippen LogP contribution in [0.3, 0.4) is 0 Å². The van der Waals surface area contributed by atoms with Crippen LogP contribution in [0.1, 0.15) is 32.6 Å². The second-order valence-corrected chi connectivity index (χ2v) is 4.87. The Morgan fingerprint density at radius 3 is 2.17 bits per heavy atom. The molecule has 0 amide bonds.